The van der Waals surface area contributed by atoms with E-state index in [9.17, 15) is 14.7 Å². The predicted molar refractivity (Wildman–Crippen MR) is 95.8 cm³/mol. The molecule has 0 radical (unpaired) electrons. The highest BCUT2D eigenvalue weighted by molar-refractivity contribution is 5.89. The number of aliphatic hydroxyl groups is 1. The van der Waals surface area contributed by atoms with Gasteiger partial charge < -0.3 is 10.2 Å². The van der Waals surface area contributed by atoms with Gasteiger partial charge in [0.05, 0.1) is 6.10 Å². The summed E-state index contributed by atoms with van der Waals surface area (Å²) in [5, 5.41) is 18.6. The molecule has 1 unspecified atom stereocenters. The van der Waals surface area contributed by atoms with Gasteiger partial charge in [-0.1, -0.05) is 63.7 Å². The Morgan fingerprint density at radius 2 is 2.00 bits per heavy atom. The first-order chi connectivity index (χ1) is 11.5. The zero-order valence-corrected chi connectivity index (χ0v) is 14.9. The molecule has 0 heterocycles. The van der Waals surface area contributed by atoms with E-state index in [0.29, 0.717) is 12.8 Å². The van der Waals surface area contributed by atoms with E-state index < -0.39 is 12.1 Å². The number of aliphatic hydroxyl groups excluding tert-OH is 1. The fourth-order valence-corrected chi connectivity index (χ4v) is 3.10. The third kappa shape index (κ3) is 8.44. The number of carbonyl (C=O) groups is 2. The Morgan fingerprint density at radius 3 is 2.71 bits per heavy atom. The normalized spacial score (nSPS) is 19.0. The fraction of sp³-hybridized carbons (Fsp3) is 0.700. The average Bonchev–Trinajstić information content (AvgIpc) is 2.89. The SMILES string of the molecule is CCCCCC(O)/C=C/C1=CCC(=O)[C@@H]1CCCCCCC(=O)O. The molecule has 1 rings (SSSR count). The Labute approximate surface area is 145 Å². The zero-order chi connectivity index (χ0) is 17.8. The van der Waals surface area contributed by atoms with Gasteiger partial charge in [0.2, 0.25) is 0 Å². The lowest BCUT2D eigenvalue weighted by Gasteiger charge is -2.12. The van der Waals surface area contributed by atoms with E-state index in [2.05, 4.69) is 6.92 Å². The molecule has 1 aliphatic rings. The number of aliphatic carboxylic acids is 1. The molecule has 2 atom stereocenters. The molecule has 0 aromatic carbocycles. The van der Waals surface area contributed by atoms with E-state index in [4.69, 9.17) is 5.11 Å². The lowest BCUT2D eigenvalue weighted by Crippen LogP contribution is -2.10. The number of Topliss-reactive ketones (excluding diaryl/α,β-unsaturated/α-hetero) is 1. The molecule has 2 N–H and O–H groups in total. The van der Waals surface area contributed by atoms with Gasteiger partial charge in [-0.05, 0) is 24.8 Å². The maximum atomic E-state index is 12.0. The molecular formula is C20H32O4. The lowest BCUT2D eigenvalue weighted by atomic mass is 9.92. The van der Waals surface area contributed by atoms with Crippen molar-refractivity contribution in [1.82, 2.24) is 0 Å². The van der Waals surface area contributed by atoms with Crippen LogP contribution in [0.3, 0.4) is 0 Å². The van der Waals surface area contributed by atoms with Crippen molar-refractivity contribution in [3.8, 4) is 0 Å². The molecule has 0 saturated carbocycles. The number of unbranched alkanes of at least 4 members (excludes halogenated alkanes) is 5. The number of hydrogen-bond donors (Lipinski definition) is 2. The molecular weight excluding hydrogens is 304 g/mol. The maximum Gasteiger partial charge on any atom is 0.303 e. The second-order valence-corrected chi connectivity index (χ2v) is 6.70. The molecule has 0 fully saturated rings. The quantitative estimate of drug-likeness (QED) is 0.488. The molecule has 4 nitrogen and oxygen atoms in total. The van der Waals surface area contributed by atoms with Crippen molar-refractivity contribution in [1.29, 1.82) is 0 Å². The first kappa shape index (κ1) is 20.6. The second kappa shape index (κ2) is 12.0. The third-order valence-electron chi connectivity index (χ3n) is 4.58. The summed E-state index contributed by atoms with van der Waals surface area (Å²) in [6.07, 6.45) is 14.5. The number of hydrogen-bond acceptors (Lipinski definition) is 3. The summed E-state index contributed by atoms with van der Waals surface area (Å²) in [6, 6.07) is 0. The fourth-order valence-electron chi connectivity index (χ4n) is 3.10. The van der Waals surface area contributed by atoms with Crippen molar-refractivity contribution in [2.75, 3.05) is 0 Å². The summed E-state index contributed by atoms with van der Waals surface area (Å²) >= 11 is 0. The van der Waals surface area contributed by atoms with Crippen LogP contribution in [-0.4, -0.2) is 28.1 Å². The molecule has 0 aliphatic heterocycles. The highest BCUT2D eigenvalue weighted by Crippen LogP contribution is 2.29. The van der Waals surface area contributed by atoms with Gasteiger partial charge in [0.15, 0.2) is 0 Å². The van der Waals surface area contributed by atoms with Crippen LogP contribution >= 0.6 is 0 Å². The smallest absolute Gasteiger partial charge is 0.303 e. The Bertz CT molecular complexity index is 451. The molecule has 0 spiro atoms. The molecule has 0 bridgehead atoms. The van der Waals surface area contributed by atoms with Gasteiger partial charge in [0.1, 0.15) is 5.78 Å². The molecule has 4 heteroatoms. The van der Waals surface area contributed by atoms with Crippen LogP contribution in [0, 0.1) is 5.92 Å². The first-order valence-electron chi connectivity index (χ1n) is 9.35. The predicted octanol–water partition coefficient (Wildman–Crippen LogP) is 4.42. The second-order valence-electron chi connectivity index (χ2n) is 6.70. The lowest BCUT2D eigenvalue weighted by molar-refractivity contribution is -0.137. The summed E-state index contributed by atoms with van der Waals surface area (Å²) < 4.78 is 0. The topological polar surface area (TPSA) is 74.6 Å². The van der Waals surface area contributed by atoms with Crippen molar-refractivity contribution in [3.63, 3.8) is 0 Å². The summed E-state index contributed by atoms with van der Waals surface area (Å²) in [4.78, 5) is 22.5. The molecule has 1 aliphatic carbocycles. The molecule has 0 saturated heterocycles. The molecule has 24 heavy (non-hydrogen) atoms. The monoisotopic (exact) mass is 336 g/mol. The van der Waals surface area contributed by atoms with Crippen LogP contribution in [0.15, 0.2) is 23.8 Å². The van der Waals surface area contributed by atoms with E-state index in [1.807, 2.05) is 18.2 Å². The number of carboxylic acids is 1. The van der Waals surface area contributed by atoms with Crippen molar-refractivity contribution >= 4 is 11.8 Å². The number of allylic oxidation sites excluding steroid dienone is 3. The minimum absolute atomic E-state index is 0.0384. The van der Waals surface area contributed by atoms with Crippen LogP contribution < -0.4 is 0 Å². The van der Waals surface area contributed by atoms with Crippen LogP contribution in [0.2, 0.25) is 0 Å². The van der Waals surface area contributed by atoms with Crippen LogP contribution in [0.1, 0.15) is 77.6 Å². The Morgan fingerprint density at radius 1 is 1.25 bits per heavy atom. The average molecular weight is 336 g/mol. The van der Waals surface area contributed by atoms with Gasteiger partial charge in [-0.2, -0.15) is 0 Å². The van der Waals surface area contributed by atoms with Gasteiger partial charge in [-0.15, -0.1) is 0 Å². The van der Waals surface area contributed by atoms with Crippen molar-refractivity contribution in [2.24, 2.45) is 5.92 Å². The summed E-state index contributed by atoms with van der Waals surface area (Å²) in [7, 11) is 0. The van der Waals surface area contributed by atoms with Crippen molar-refractivity contribution < 1.29 is 19.8 Å². The van der Waals surface area contributed by atoms with Crippen LogP contribution in [0.5, 0.6) is 0 Å². The highest BCUT2D eigenvalue weighted by Gasteiger charge is 2.25. The molecule has 0 amide bonds. The van der Waals surface area contributed by atoms with Crippen LogP contribution in [-0.2, 0) is 9.59 Å². The highest BCUT2D eigenvalue weighted by atomic mass is 16.4. The van der Waals surface area contributed by atoms with Crippen LogP contribution in [0.4, 0.5) is 0 Å². The summed E-state index contributed by atoms with van der Waals surface area (Å²) in [5.41, 5.74) is 1.04. The van der Waals surface area contributed by atoms with E-state index in [1.165, 1.54) is 0 Å². The molecule has 0 aromatic heterocycles. The minimum Gasteiger partial charge on any atom is -0.481 e. The number of ketones is 1. The Balaban J connectivity index is 2.31. The Hall–Kier alpha value is -1.42. The zero-order valence-electron chi connectivity index (χ0n) is 14.9. The largest absolute Gasteiger partial charge is 0.481 e. The van der Waals surface area contributed by atoms with Crippen molar-refractivity contribution in [3.05, 3.63) is 23.8 Å². The molecule has 0 aromatic rings. The van der Waals surface area contributed by atoms with E-state index >= 15 is 0 Å². The third-order valence-corrected chi connectivity index (χ3v) is 4.58. The minimum atomic E-state index is -0.742. The van der Waals surface area contributed by atoms with E-state index in [0.717, 1.165) is 56.9 Å². The first-order valence-corrected chi connectivity index (χ1v) is 9.35. The van der Waals surface area contributed by atoms with E-state index in [1.54, 1.807) is 0 Å². The van der Waals surface area contributed by atoms with Crippen LogP contribution in [0.25, 0.3) is 0 Å². The van der Waals surface area contributed by atoms with Gasteiger partial charge in [0.25, 0.3) is 0 Å². The number of rotatable bonds is 13. The standard InChI is InChI=1S/C20H32O4/c1-2-3-6-9-17(21)14-12-16-13-15-19(22)18(16)10-7-4-5-8-11-20(23)24/h12-14,17-18,21H,2-11,15H2,1H3,(H,23,24)/b14-12+/t17?,18-/m1/s1. The summed E-state index contributed by atoms with van der Waals surface area (Å²) in [5.74, 6) is -0.516. The van der Waals surface area contributed by atoms with Gasteiger partial charge in [-0.3, -0.25) is 9.59 Å². The van der Waals surface area contributed by atoms with E-state index in [-0.39, 0.29) is 18.1 Å². The number of carbonyl (C=O) groups excluding carboxylic acids is 1. The maximum absolute atomic E-state index is 12.0. The van der Waals surface area contributed by atoms with Gasteiger partial charge in [-0.25, -0.2) is 0 Å². The number of carboxylic acid groups (broad SMARTS) is 1. The summed E-state index contributed by atoms with van der Waals surface area (Å²) in [6.45, 7) is 2.14. The molecule has 136 valence electrons. The van der Waals surface area contributed by atoms with Crippen molar-refractivity contribution in [2.45, 2.75) is 83.7 Å². The van der Waals surface area contributed by atoms with Gasteiger partial charge >= 0.3 is 5.97 Å². The Kier molecular flexibility index (Phi) is 10.3. The van der Waals surface area contributed by atoms with Gasteiger partial charge in [0, 0.05) is 18.8 Å².